The van der Waals surface area contributed by atoms with Crippen molar-refractivity contribution in [2.24, 2.45) is 0 Å². The van der Waals surface area contributed by atoms with E-state index in [1.54, 1.807) is 0 Å². The van der Waals surface area contributed by atoms with Crippen molar-refractivity contribution in [1.29, 1.82) is 0 Å². The van der Waals surface area contributed by atoms with Gasteiger partial charge in [0.15, 0.2) is 0 Å². The number of benzene rings is 1. The van der Waals surface area contributed by atoms with Crippen molar-refractivity contribution in [2.45, 2.75) is 38.4 Å². The van der Waals surface area contributed by atoms with E-state index in [1.807, 2.05) is 17.5 Å². The fourth-order valence-electron chi connectivity index (χ4n) is 4.08. The molecule has 0 atom stereocenters. The van der Waals surface area contributed by atoms with Gasteiger partial charge in [-0.05, 0) is 31.5 Å². The maximum absolute atomic E-state index is 4.66. The number of hydrogen-bond acceptors (Lipinski definition) is 6. The molecule has 6 nitrogen and oxygen atoms in total. The molecule has 148 valence electrons. The SMILES string of the molecule is Cl.c1ccc(-c2cnc(CN3CCC(c4nnc5n4CCNC5)CC3)s2)cc1. The predicted molar refractivity (Wildman–Crippen MR) is 114 cm³/mol. The Bertz CT molecular complexity index is 901. The van der Waals surface area contributed by atoms with Gasteiger partial charge in [-0.1, -0.05) is 30.3 Å². The second kappa shape index (κ2) is 8.69. The Morgan fingerprint density at radius 3 is 2.71 bits per heavy atom. The van der Waals surface area contributed by atoms with Gasteiger partial charge in [-0.2, -0.15) is 0 Å². The van der Waals surface area contributed by atoms with Crippen LogP contribution in [0.3, 0.4) is 0 Å². The van der Waals surface area contributed by atoms with Gasteiger partial charge in [0.05, 0.1) is 18.0 Å². The molecule has 0 spiro atoms. The number of rotatable bonds is 4. The topological polar surface area (TPSA) is 58.9 Å². The molecule has 28 heavy (non-hydrogen) atoms. The first kappa shape index (κ1) is 19.5. The first-order valence-corrected chi connectivity index (χ1v) is 10.5. The van der Waals surface area contributed by atoms with E-state index in [-0.39, 0.29) is 12.4 Å². The quantitative estimate of drug-likeness (QED) is 0.707. The van der Waals surface area contributed by atoms with E-state index >= 15 is 0 Å². The van der Waals surface area contributed by atoms with E-state index in [0.29, 0.717) is 5.92 Å². The summed E-state index contributed by atoms with van der Waals surface area (Å²) in [4.78, 5) is 8.44. The molecular weight excluding hydrogens is 392 g/mol. The normalized spacial score (nSPS) is 17.9. The zero-order valence-electron chi connectivity index (χ0n) is 15.8. The minimum absolute atomic E-state index is 0. The molecule has 0 unspecified atom stereocenters. The molecule has 0 saturated carbocycles. The van der Waals surface area contributed by atoms with Crippen LogP contribution in [0.2, 0.25) is 0 Å². The highest BCUT2D eigenvalue weighted by molar-refractivity contribution is 7.15. The van der Waals surface area contributed by atoms with Crippen LogP contribution in [-0.4, -0.2) is 44.3 Å². The Labute approximate surface area is 175 Å². The molecular formula is C20H25ClN6S. The third kappa shape index (κ3) is 3.98. The van der Waals surface area contributed by atoms with E-state index in [1.165, 1.54) is 21.3 Å². The maximum Gasteiger partial charge on any atom is 0.147 e. The van der Waals surface area contributed by atoms with Gasteiger partial charge in [-0.25, -0.2) is 4.98 Å². The first-order chi connectivity index (χ1) is 13.4. The van der Waals surface area contributed by atoms with E-state index in [4.69, 9.17) is 0 Å². The summed E-state index contributed by atoms with van der Waals surface area (Å²) in [6, 6.07) is 10.5. The van der Waals surface area contributed by atoms with Crippen LogP contribution in [-0.2, 0) is 19.6 Å². The molecule has 3 aromatic rings. The number of nitrogens with one attached hydrogen (secondary N) is 1. The van der Waals surface area contributed by atoms with Gasteiger partial charge in [0.1, 0.15) is 16.7 Å². The standard InChI is InChI=1S/C20H24N6S.ClH/c1-2-4-15(5-3-1)17-12-22-19(27-17)14-25-9-6-16(7-10-25)20-24-23-18-13-21-8-11-26(18)20;/h1-5,12,16,21H,6-11,13-14H2;1H. The van der Waals surface area contributed by atoms with Gasteiger partial charge < -0.3 is 9.88 Å². The fraction of sp³-hybridized carbons (Fsp3) is 0.450. The van der Waals surface area contributed by atoms with Crippen LogP contribution in [0.15, 0.2) is 36.5 Å². The number of hydrogen-bond donors (Lipinski definition) is 1. The summed E-state index contributed by atoms with van der Waals surface area (Å²) in [6.07, 6.45) is 4.32. The van der Waals surface area contributed by atoms with Crippen molar-refractivity contribution in [3.05, 3.63) is 53.2 Å². The molecule has 1 fully saturated rings. The van der Waals surface area contributed by atoms with Crippen molar-refractivity contribution < 1.29 is 0 Å². The molecule has 0 radical (unpaired) electrons. The Morgan fingerprint density at radius 1 is 1.07 bits per heavy atom. The van der Waals surface area contributed by atoms with Crippen LogP contribution in [0, 0.1) is 0 Å². The zero-order chi connectivity index (χ0) is 18.1. The van der Waals surface area contributed by atoms with Crippen molar-refractivity contribution in [1.82, 2.24) is 30.0 Å². The van der Waals surface area contributed by atoms with Gasteiger partial charge in [-0.15, -0.1) is 33.9 Å². The average Bonchev–Trinajstić information content (AvgIpc) is 3.37. The van der Waals surface area contributed by atoms with Crippen LogP contribution in [0.1, 0.15) is 35.4 Å². The van der Waals surface area contributed by atoms with Gasteiger partial charge in [0.2, 0.25) is 0 Å². The zero-order valence-corrected chi connectivity index (χ0v) is 17.4. The van der Waals surface area contributed by atoms with Crippen LogP contribution >= 0.6 is 23.7 Å². The maximum atomic E-state index is 4.66. The molecule has 5 rings (SSSR count). The van der Waals surface area contributed by atoms with E-state index < -0.39 is 0 Å². The summed E-state index contributed by atoms with van der Waals surface area (Å²) in [5.41, 5.74) is 1.26. The third-order valence-electron chi connectivity index (χ3n) is 5.57. The lowest BCUT2D eigenvalue weighted by molar-refractivity contribution is 0.199. The minimum Gasteiger partial charge on any atom is -0.312 e. The van der Waals surface area contributed by atoms with Crippen LogP contribution in [0.5, 0.6) is 0 Å². The van der Waals surface area contributed by atoms with E-state index in [9.17, 15) is 0 Å². The number of nitrogens with zero attached hydrogens (tertiary/aromatic N) is 5. The number of fused-ring (bicyclic) bond motifs is 1. The summed E-state index contributed by atoms with van der Waals surface area (Å²) in [5, 5.41) is 13.5. The van der Waals surface area contributed by atoms with Crippen LogP contribution in [0.4, 0.5) is 0 Å². The molecule has 0 bridgehead atoms. The highest BCUT2D eigenvalue weighted by atomic mass is 35.5. The lowest BCUT2D eigenvalue weighted by atomic mass is 9.96. The summed E-state index contributed by atoms with van der Waals surface area (Å²) < 4.78 is 2.34. The number of thiazole rings is 1. The van der Waals surface area contributed by atoms with Gasteiger partial charge in [0, 0.05) is 25.2 Å². The molecule has 2 aromatic heterocycles. The Balaban J connectivity index is 0.00000192. The lowest BCUT2D eigenvalue weighted by Crippen LogP contribution is -2.34. The number of likely N-dealkylation sites (tertiary alicyclic amines) is 1. The largest absolute Gasteiger partial charge is 0.312 e. The Kier molecular flexibility index (Phi) is 6.06. The predicted octanol–water partition coefficient (Wildman–Crippen LogP) is 3.31. The molecule has 1 aromatic carbocycles. The van der Waals surface area contributed by atoms with E-state index in [0.717, 1.165) is 57.9 Å². The average molecular weight is 417 g/mol. The van der Waals surface area contributed by atoms with Crippen molar-refractivity contribution in [2.75, 3.05) is 19.6 Å². The molecule has 2 aliphatic rings. The van der Waals surface area contributed by atoms with Crippen molar-refractivity contribution in [3.8, 4) is 10.4 Å². The number of piperidine rings is 1. The summed E-state index contributed by atoms with van der Waals surface area (Å²) >= 11 is 1.81. The van der Waals surface area contributed by atoms with Gasteiger partial charge in [0.25, 0.3) is 0 Å². The second-order valence-corrected chi connectivity index (χ2v) is 8.45. The third-order valence-corrected chi connectivity index (χ3v) is 6.61. The van der Waals surface area contributed by atoms with Crippen LogP contribution in [0.25, 0.3) is 10.4 Å². The summed E-state index contributed by atoms with van der Waals surface area (Å²) in [7, 11) is 0. The Hall–Kier alpha value is -1.80. The molecule has 4 heterocycles. The smallest absolute Gasteiger partial charge is 0.147 e. The summed E-state index contributed by atoms with van der Waals surface area (Å²) in [5.74, 6) is 2.83. The second-order valence-electron chi connectivity index (χ2n) is 7.34. The number of halogens is 1. The molecule has 0 amide bonds. The fourth-order valence-corrected chi connectivity index (χ4v) is 5.04. The molecule has 8 heteroatoms. The molecule has 1 saturated heterocycles. The summed E-state index contributed by atoms with van der Waals surface area (Å²) in [6.45, 7) is 6.02. The van der Waals surface area contributed by atoms with Crippen molar-refractivity contribution in [3.63, 3.8) is 0 Å². The molecule has 2 aliphatic heterocycles. The first-order valence-electron chi connectivity index (χ1n) is 9.72. The number of aromatic nitrogens is 4. The highest BCUT2D eigenvalue weighted by Gasteiger charge is 2.27. The van der Waals surface area contributed by atoms with Crippen LogP contribution < -0.4 is 5.32 Å². The minimum atomic E-state index is 0. The molecule has 0 aliphatic carbocycles. The van der Waals surface area contributed by atoms with Gasteiger partial charge >= 0.3 is 0 Å². The van der Waals surface area contributed by atoms with Gasteiger partial charge in [-0.3, -0.25) is 4.90 Å². The van der Waals surface area contributed by atoms with Crippen molar-refractivity contribution >= 4 is 23.7 Å². The lowest BCUT2D eigenvalue weighted by Gasteiger charge is -2.31. The van der Waals surface area contributed by atoms with E-state index in [2.05, 4.69) is 60.3 Å². The molecule has 1 N–H and O–H groups in total. The monoisotopic (exact) mass is 416 g/mol. The highest BCUT2D eigenvalue weighted by Crippen LogP contribution is 2.30. The Morgan fingerprint density at radius 2 is 1.89 bits per heavy atom.